The molecule has 0 atom stereocenters. The number of rotatable bonds is 7. The maximum atomic E-state index is 7.63. The van der Waals surface area contributed by atoms with E-state index in [0.29, 0.717) is 0 Å². The molecule has 4 aromatic heterocycles. The molecule has 2 aliphatic heterocycles. The fourth-order valence-electron chi connectivity index (χ4n) is 14.6. The van der Waals surface area contributed by atoms with Crippen LogP contribution in [0.15, 0.2) is 297 Å². The average molecular weight is 1100 g/mol. The fourth-order valence-corrected chi connectivity index (χ4v) is 14.6. The van der Waals surface area contributed by atoms with Gasteiger partial charge in [-0.05, 0) is 89.4 Å². The van der Waals surface area contributed by atoms with Gasteiger partial charge in [-0.3, -0.25) is 0 Å². The molecular weight excluding hydrogens is 1050 g/mol. The topological polar surface area (TPSA) is 62.3 Å². The van der Waals surface area contributed by atoms with Gasteiger partial charge >= 0.3 is 0 Å². The van der Waals surface area contributed by atoms with Gasteiger partial charge in [0.25, 0.3) is 6.71 Å². The number of benzene rings is 13. The predicted molar refractivity (Wildman–Crippen MR) is 355 cm³/mol. The summed E-state index contributed by atoms with van der Waals surface area (Å²) in [5.41, 5.74) is 22.1. The van der Waals surface area contributed by atoms with E-state index >= 15 is 0 Å². The van der Waals surface area contributed by atoms with E-state index in [1.165, 1.54) is 0 Å². The van der Waals surface area contributed by atoms with Crippen LogP contribution in [0.25, 0.3) is 110 Å². The molecule has 0 fully saturated rings. The van der Waals surface area contributed by atoms with Gasteiger partial charge in [0.1, 0.15) is 33.5 Å². The van der Waals surface area contributed by atoms with Crippen LogP contribution in [-0.2, 0) is 0 Å². The summed E-state index contributed by atoms with van der Waals surface area (Å²) in [6, 6.07) is 99.3. The third-order valence-electron chi connectivity index (χ3n) is 18.0. The van der Waals surface area contributed by atoms with Crippen LogP contribution in [-0.4, -0.2) is 6.71 Å². The molecule has 17 aromatic rings. The minimum absolute atomic E-state index is 0.567. The lowest BCUT2D eigenvalue weighted by atomic mass is 9.33. The van der Waals surface area contributed by atoms with E-state index in [9.17, 15) is 0 Å². The molecule has 0 bridgehead atoms. The first-order valence-corrected chi connectivity index (χ1v) is 29.3. The Balaban J connectivity index is 1.09. The standard InChI is InChI=1S/C78H46BN3O4/c1-5-25-47(26-6-1)52-33-13-19-39-58(52)81-60-45-51(80(49-29-9-3-10-30-49)50-31-11-4-12-32-50)46-61-70(60)79(71-73(81)77-68(56-37-17-23-43-64(56)85-77)66-54-35-15-21-41-62(54)83-75(66)71)72-74(82(61)59-40-20-14-34-53(59)48-27-7-2-8-28-48)78-69(57-38-18-24-44-65(57)86-78)67-55-36-16-22-42-63(55)84-76(67)72/h1-46H. The van der Waals surface area contributed by atoms with Crippen LogP contribution >= 0.6 is 0 Å². The molecule has 0 saturated heterocycles. The Morgan fingerprint density at radius 2 is 0.581 bits per heavy atom. The fraction of sp³-hybridized carbons (Fsp3) is 0. The molecule has 0 aliphatic carbocycles. The summed E-state index contributed by atoms with van der Waals surface area (Å²) >= 11 is 0. The quantitative estimate of drug-likeness (QED) is 0.147. The van der Waals surface area contributed by atoms with Gasteiger partial charge in [-0.25, -0.2) is 0 Å². The number of fused-ring (bicyclic) bond motifs is 22. The molecule has 6 heterocycles. The number of para-hydroxylation sites is 8. The van der Waals surface area contributed by atoms with Crippen molar-refractivity contribution in [1.29, 1.82) is 0 Å². The Kier molecular flexibility index (Phi) is 9.86. The van der Waals surface area contributed by atoms with Crippen molar-refractivity contribution in [1.82, 2.24) is 0 Å². The van der Waals surface area contributed by atoms with E-state index in [-0.39, 0.29) is 0 Å². The van der Waals surface area contributed by atoms with Crippen LogP contribution in [0, 0.1) is 0 Å². The van der Waals surface area contributed by atoms with E-state index in [4.69, 9.17) is 17.7 Å². The highest BCUT2D eigenvalue weighted by Gasteiger charge is 2.51. The first-order chi connectivity index (χ1) is 42.7. The summed E-state index contributed by atoms with van der Waals surface area (Å²) in [5.74, 6) is 0. The lowest BCUT2D eigenvalue weighted by Crippen LogP contribution is -2.62. The van der Waals surface area contributed by atoms with E-state index in [1.807, 2.05) is 0 Å². The summed E-state index contributed by atoms with van der Waals surface area (Å²) in [5, 5.41) is 8.03. The number of hydrogen-bond donors (Lipinski definition) is 0. The molecule has 0 radical (unpaired) electrons. The zero-order chi connectivity index (χ0) is 56.1. The Morgan fingerprint density at radius 3 is 0.977 bits per heavy atom. The van der Waals surface area contributed by atoms with Crippen LogP contribution in [0.5, 0.6) is 0 Å². The Morgan fingerprint density at radius 1 is 0.267 bits per heavy atom. The third kappa shape index (κ3) is 6.52. The van der Waals surface area contributed by atoms with Crippen molar-refractivity contribution in [2.75, 3.05) is 14.7 Å². The van der Waals surface area contributed by atoms with E-state index in [2.05, 4.69) is 294 Å². The van der Waals surface area contributed by atoms with E-state index < -0.39 is 6.71 Å². The van der Waals surface area contributed by atoms with Gasteiger partial charge < -0.3 is 32.4 Å². The molecule has 7 nitrogen and oxygen atoms in total. The van der Waals surface area contributed by atoms with Gasteiger partial charge in [-0.15, -0.1) is 0 Å². The largest absolute Gasteiger partial charge is 0.456 e. The van der Waals surface area contributed by atoms with Crippen molar-refractivity contribution in [3.8, 4) is 22.3 Å². The molecule has 8 heteroatoms. The molecule has 86 heavy (non-hydrogen) atoms. The molecule has 400 valence electrons. The molecule has 0 amide bonds. The number of nitrogens with zero attached hydrogens (tertiary/aromatic N) is 3. The highest BCUT2D eigenvalue weighted by atomic mass is 16.3. The van der Waals surface area contributed by atoms with E-state index in [1.54, 1.807) is 0 Å². The summed E-state index contributed by atoms with van der Waals surface area (Å²) < 4.78 is 30.4. The summed E-state index contributed by atoms with van der Waals surface area (Å²) in [6.07, 6.45) is 0. The van der Waals surface area contributed by atoms with Crippen LogP contribution in [0.3, 0.4) is 0 Å². The Bertz CT molecular complexity index is 5290. The van der Waals surface area contributed by atoms with Crippen molar-refractivity contribution in [2.24, 2.45) is 0 Å². The second-order valence-corrected chi connectivity index (χ2v) is 22.5. The normalized spacial score (nSPS) is 12.8. The van der Waals surface area contributed by atoms with Gasteiger partial charge in [0.15, 0.2) is 11.2 Å². The smallest absolute Gasteiger partial charge is 0.262 e. The van der Waals surface area contributed by atoms with Crippen LogP contribution in [0.1, 0.15) is 0 Å². The second-order valence-electron chi connectivity index (χ2n) is 22.5. The van der Waals surface area contributed by atoms with Crippen LogP contribution in [0.4, 0.5) is 51.2 Å². The number of anilines is 9. The number of hydrogen-bond acceptors (Lipinski definition) is 7. The van der Waals surface area contributed by atoms with Crippen molar-refractivity contribution < 1.29 is 17.7 Å². The molecule has 13 aromatic carbocycles. The predicted octanol–water partition coefficient (Wildman–Crippen LogP) is 20.2. The lowest BCUT2D eigenvalue weighted by molar-refractivity contribution is 0.664. The molecule has 0 unspecified atom stereocenters. The molecule has 2 aliphatic rings. The van der Waals surface area contributed by atoms with Crippen molar-refractivity contribution in [3.63, 3.8) is 0 Å². The summed E-state index contributed by atoms with van der Waals surface area (Å²) in [7, 11) is 0. The Hall–Kier alpha value is -11.5. The van der Waals surface area contributed by atoms with Crippen LogP contribution < -0.4 is 31.1 Å². The molecular formula is C78H46BN3O4. The highest BCUT2D eigenvalue weighted by molar-refractivity contribution is 7.03. The van der Waals surface area contributed by atoms with Crippen molar-refractivity contribution in [2.45, 2.75) is 0 Å². The maximum Gasteiger partial charge on any atom is 0.262 e. The zero-order valence-corrected chi connectivity index (χ0v) is 46.1. The highest BCUT2D eigenvalue weighted by Crippen LogP contribution is 2.57. The van der Waals surface area contributed by atoms with Gasteiger partial charge in [-0.2, -0.15) is 0 Å². The zero-order valence-electron chi connectivity index (χ0n) is 46.1. The van der Waals surface area contributed by atoms with Crippen molar-refractivity contribution in [3.05, 3.63) is 279 Å². The molecule has 19 rings (SSSR count). The lowest BCUT2D eigenvalue weighted by Gasteiger charge is -2.45. The van der Waals surface area contributed by atoms with Gasteiger partial charge in [0.2, 0.25) is 0 Å². The maximum absolute atomic E-state index is 7.63. The molecule has 0 spiro atoms. The number of furan rings is 4. The SMILES string of the molecule is c1ccc(-c2ccccc2N2c3cc(N(c4ccccc4)c4ccccc4)cc4c3B(c3c2c2oc5ccccc5c2c2c3oc3ccccc32)c2c(c3oc5ccccc5c3c3c2oc2ccccc23)N4c2ccccc2-c2ccccc2)cc1. The van der Waals surface area contributed by atoms with Gasteiger partial charge in [-0.1, -0.05) is 206 Å². The molecule has 0 saturated carbocycles. The summed E-state index contributed by atoms with van der Waals surface area (Å²) in [6.45, 7) is -0.567. The molecule has 0 N–H and O–H groups in total. The minimum Gasteiger partial charge on any atom is -0.456 e. The first-order valence-electron chi connectivity index (χ1n) is 29.3. The average Bonchev–Trinajstić information content (AvgIpc) is 1.25. The van der Waals surface area contributed by atoms with Gasteiger partial charge in [0.05, 0.1) is 28.4 Å². The second kappa shape index (κ2) is 18.0. The Labute approximate surface area is 493 Å². The van der Waals surface area contributed by atoms with Gasteiger partial charge in [0, 0.05) is 87.9 Å². The summed E-state index contributed by atoms with van der Waals surface area (Å²) in [4.78, 5) is 7.39. The third-order valence-corrected chi connectivity index (χ3v) is 18.0. The first kappa shape index (κ1) is 47.1. The van der Waals surface area contributed by atoms with Crippen molar-refractivity contribution >= 4 is 162 Å². The minimum atomic E-state index is -0.567. The monoisotopic (exact) mass is 1100 g/mol. The van der Waals surface area contributed by atoms with E-state index in [0.717, 1.165) is 178 Å². The van der Waals surface area contributed by atoms with Crippen LogP contribution in [0.2, 0.25) is 0 Å².